The van der Waals surface area contributed by atoms with Gasteiger partial charge in [0.05, 0.1) is 12.0 Å². The minimum Gasteiger partial charge on any atom is -0.459 e. The summed E-state index contributed by atoms with van der Waals surface area (Å²) in [6.45, 7) is 9.11. The van der Waals surface area contributed by atoms with E-state index in [1.807, 2.05) is 31.2 Å². The number of allylic oxidation sites excluding steroid dienone is 2. The van der Waals surface area contributed by atoms with E-state index in [1.54, 1.807) is 12.2 Å². The fourth-order valence-corrected chi connectivity index (χ4v) is 2.93. The number of hydrogen-bond donors (Lipinski definition) is 1. The summed E-state index contributed by atoms with van der Waals surface area (Å²) < 4.78 is 5.70. The lowest BCUT2D eigenvalue weighted by Crippen LogP contribution is -2.37. The van der Waals surface area contributed by atoms with Crippen molar-refractivity contribution in [1.82, 2.24) is 5.32 Å². The maximum Gasteiger partial charge on any atom is 0.309 e. The molecule has 0 heterocycles. The molecule has 0 saturated carbocycles. The predicted octanol–water partition coefficient (Wildman–Crippen LogP) is 3.49. The standard InChI is InChI=1S/C20H25NO3/c1-4-6-12-18(22)21-19-16-11-8-7-10-15(16)13-17(19)24-20(23)14(3)9-5-2/h4-5,7-8,10-11,14,17,19H,1-2,6,9,12-13H2,3H3,(H,21,22)/t14-,17-,19-/m1/s1. The topological polar surface area (TPSA) is 55.4 Å². The van der Waals surface area contributed by atoms with E-state index < -0.39 is 0 Å². The molecule has 1 N–H and O–H groups in total. The van der Waals surface area contributed by atoms with Gasteiger partial charge in [-0.25, -0.2) is 0 Å². The van der Waals surface area contributed by atoms with Gasteiger partial charge < -0.3 is 10.1 Å². The number of hydrogen-bond acceptors (Lipinski definition) is 3. The van der Waals surface area contributed by atoms with E-state index in [4.69, 9.17) is 4.74 Å². The molecule has 0 unspecified atom stereocenters. The minimum atomic E-state index is -0.366. The molecule has 24 heavy (non-hydrogen) atoms. The van der Waals surface area contributed by atoms with Crippen LogP contribution in [0.15, 0.2) is 49.6 Å². The van der Waals surface area contributed by atoms with Crippen LogP contribution >= 0.6 is 0 Å². The van der Waals surface area contributed by atoms with E-state index in [1.165, 1.54) is 0 Å². The maximum absolute atomic E-state index is 12.2. The van der Waals surface area contributed by atoms with E-state index in [0.29, 0.717) is 25.7 Å². The highest BCUT2D eigenvalue weighted by Crippen LogP contribution is 2.34. The van der Waals surface area contributed by atoms with Gasteiger partial charge in [-0.1, -0.05) is 43.3 Å². The highest BCUT2D eigenvalue weighted by molar-refractivity contribution is 5.77. The molecule has 0 bridgehead atoms. The second kappa shape index (κ2) is 8.48. The summed E-state index contributed by atoms with van der Waals surface area (Å²) >= 11 is 0. The molecule has 0 radical (unpaired) electrons. The SMILES string of the molecule is C=CCCC(=O)N[C@@H]1c2ccccc2C[C@H]1OC(=O)[C@H](C)CC=C. The Hall–Kier alpha value is -2.36. The number of amides is 1. The van der Waals surface area contributed by atoms with Crippen LogP contribution in [-0.4, -0.2) is 18.0 Å². The summed E-state index contributed by atoms with van der Waals surface area (Å²) in [4.78, 5) is 24.4. The second-order valence-electron chi connectivity index (χ2n) is 6.18. The number of benzene rings is 1. The van der Waals surface area contributed by atoms with Crippen molar-refractivity contribution in [3.05, 3.63) is 60.7 Å². The first-order valence-corrected chi connectivity index (χ1v) is 8.36. The average Bonchev–Trinajstić information content (AvgIpc) is 2.90. The molecule has 0 saturated heterocycles. The molecule has 4 nitrogen and oxygen atoms in total. The normalized spacial score (nSPS) is 19.9. The zero-order chi connectivity index (χ0) is 17.5. The molecule has 2 rings (SSSR count). The van der Waals surface area contributed by atoms with Gasteiger partial charge in [0, 0.05) is 12.8 Å². The predicted molar refractivity (Wildman–Crippen MR) is 94.3 cm³/mol. The van der Waals surface area contributed by atoms with Crippen LogP contribution in [-0.2, 0) is 20.7 Å². The highest BCUT2D eigenvalue weighted by atomic mass is 16.5. The van der Waals surface area contributed by atoms with Crippen LogP contribution in [0.2, 0.25) is 0 Å². The van der Waals surface area contributed by atoms with Gasteiger partial charge in [-0.2, -0.15) is 0 Å². The van der Waals surface area contributed by atoms with Crippen molar-refractivity contribution in [2.75, 3.05) is 0 Å². The van der Waals surface area contributed by atoms with Gasteiger partial charge in [0.25, 0.3) is 0 Å². The van der Waals surface area contributed by atoms with Crippen LogP contribution in [0.1, 0.15) is 43.4 Å². The monoisotopic (exact) mass is 327 g/mol. The molecule has 0 fully saturated rings. The molecule has 128 valence electrons. The van der Waals surface area contributed by atoms with Crippen molar-refractivity contribution in [3.63, 3.8) is 0 Å². The number of carbonyl (C=O) groups is 2. The van der Waals surface area contributed by atoms with E-state index >= 15 is 0 Å². The van der Waals surface area contributed by atoms with Crippen LogP contribution < -0.4 is 5.32 Å². The first-order valence-electron chi connectivity index (χ1n) is 8.36. The van der Waals surface area contributed by atoms with Crippen molar-refractivity contribution in [2.45, 2.75) is 44.8 Å². The van der Waals surface area contributed by atoms with Gasteiger partial charge in [-0.05, 0) is 24.0 Å². The van der Waals surface area contributed by atoms with Crippen LogP contribution in [0, 0.1) is 5.92 Å². The first-order chi connectivity index (χ1) is 11.6. The molecule has 1 amide bonds. The Kier molecular flexibility index (Phi) is 6.36. The number of esters is 1. The number of rotatable bonds is 8. The van der Waals surface area contributed by atoms with Gasteiger partial charge in [0.2, 0.25) is 5.91 Å². The van der Waals surface area contributed by atoms with Gasteiger partial charge >= 0.3 is 5.97 Å². The molecular weight excluding hydrogens is 302 g/mol. The quantitative estimate of drug-likeness (QED) is 0.587. The molecule has 1 aliphatic carbocycles. The van der Waals surface area contributed by atoms with Gasteiger partial charge in [0.15, 0.2) is 0 Å². The number of carbonyl (C=O) groups excluding carboxylic acids is 2. The maximum atomic E-state index is 12.2. The zero-order valence-electron chi connectivity index (χ0n) is 14.2. The van der Waals surface area contributed by atoms with Crippen LogP contribution in [0.25, 0.3) is 0 Å². The molecule has 0 aliphatic heterocycles. The summed E-state index contributed by atoms with van der Waals surface area (Å²) in [5.74, 6) is -0.543. The molecule has 1 aromatic carbocycles. The molecular formula is C20H25NO3. The Morgan fingerprint density at radius 1 is 1.33 bits per heavy atom. The van der Waals surface area contributed by atoms with E-state index in [9.17, 15) is 9.59 Å². The van der Waals surface area contributed by atoms with Crippen molar-refractivity contribution in [2.24, 2.45) is 5.92 Å². The smallest absolute Gasteiger partial charge is 0.309 e. The van der Waals surface area contributed by atoms with E-state index in [-0.39, 0.29) is 29.9 Å². The van der Waals surface area contributed by atoms with Crippen molar-refractivity contribution < 1.29 is 14.3 Å². The number of fused-ring (bicyclic) bond motifs is 1. The summed E-state index contributed by atoms with van der Waals surface area (Å²) in [7, 11) is 0. The lowest BCUT2D eigenvalue weighted by atomic mass is 10.1. The summed E-state index contributed by atoms with van der Waals surface area (Å²) in [5, 5.41) is 3.01. The summed E-state index contributed by atoms with van der Waals surface area (Å²) in [5.41, 5.74) is 2.14. The number of ether oxygens (including phenoxy) is 1. The largest absolute Gasteiger partial charge is 0.459 e. The van der Waals surface area contributed by atoms with Crippen molar-refractivity contribution in [1.29, 1.82) is 0 Å². The van der Waals surface area contributed by atoms with Gasteiger partial charge in [-0.15, -0.1) is 13.2 Å². The molecule has 0 spiro atoms. The van der Waals surface area contributed by atoms with Crippen molar-refractivity contribution in [3.8, 4) is 0 Å². The minimum absolute atomic E-state index is 0.0585. The van der Waals surface area contributed by atoms with Crippen LogP contribution in [0.5, 0.6) is 0 Å². The zero-order valence-corrected chi connectivity index (χ0v) is 14.2. The lowest BCUT2D eigenvalue weighted by molar-refractivity contribution is -0.155. The van der Waals surface area contributed by atoms with E-state index in [0.717, 1.165) is 11.1 Å². The third-order valence-electron chi connectivity index (χ3n) is 4.27. The summed E-state index contributed by atoms with van der Waals surface area (Å²) in [6.07, 6.45) is 5.27. The van der Waals surface area contributed by atoms with Gasteiger partial charge in [0.1, 0.15) is 6.10 Å². The van der Waals surface area contributed by atoms with Crippen molar-refractivity contribution >= 4 is 11.9 Å². The molecule has 4 heteroatoms. The molecule has 3 atom stereocenters. The Labute approximate surface area is 143 Å². The van der Waals surface area contributed by atoms with Crippen LogP contribution in [0.3, 0.4) is 0 Å². The van der Waals surface area contributed by atoms with Crippen LogP contribution in [0.4, 0.5) is 0 Å². The highest BCUT2D eigenvalue weighted by Gasteiger charge is 2.36. The Morgan fingerprint density at radius 3 is 2.79 bits per heavy atom. The first kappa shape index (κ1) is 18.0. The molecule has 1 aliphatic rings. The number of nitrogens with one attached hydrogen (secondary N) is 1. The third kappa shape index (κ3) is 4.34. The Bertz CT molecular complexity index is 623. The molecule has 0 aromatic heterocycles. The summed E-state index contributed by atoms with van der Waals surface area (Å²) in [6, 6.07) is 7.60. The Morgan fingerprint density at radius 2 is 2.08 bits per heavy atom. The average molecular weight is 327 g/mol. The lowest BCUT2D eigenvalue weighted by Gasteiger charge is -2.23. The fraction of sp³-hybridized carbons (Fsp3) is 0.400. The van der Waals surface area contributed by atoms with Gasteiger partial charge in [-0.3, -0.25) is 9.59 Å². The second-order valence-corrected chi connectivity index (χ2v) is 6.18. The third-order valence-corrected chi connectivity index (χ3v) is 4.27. The fourth-order valence-electron chi connectivity index (χ4n) is 2.93. The molecule has 1 aromatic rings. The Balaban J connectivity index is 2.11. The van der Waals surface area contributed by atoms with E-state index in [2.05, 4.69) is 18.5 Å².